The molecule has 52 heavy (non-hydrogen) atoms. The zero-order chi connectivity index (χ0) is 36.0. The molecule has 5 aromatic rings. The highest BCUT2D eigenvalue weighted by atomic mass is 16.6. The number of alkyl carbamates (subject to hydrolysis) is 1. The van der Waals surface area contributed by atoms with Crippen LogP contribution in [0.1, 0.15) is 77.6 Å². The van der Waals surface area contributed by atoms with E-state index in [1.165, 1.54) is 17.7 Å². The van der Waals surface area contributed by atoms with Gasteiger partial charge >= 0.3 is 6.09 Å². The highest BCUT2D eigenvalue weighted by Gasteiger charge is 2.37. The Hall–Kier alpha value is -5.12. The molecule has 3 saturated heterocycles. The molecule has 0 spiro atoms. The predicted octanol–water partition coefficient (Wildman–Crippen LogP) is 7.48. The molecule has 8 rings (SSSR count). The fourth-order valence-electron chi connectivity index (χ4n) is 7.73. The molecule has 3 aliphatic rings. The summed E-state index contributed by atoms with van der Waals surface area (Å²) in [6, 6.07) is 30.2. The third-order valence-electron chi connectivity index (χ3n) is 10.7. The second-order valence-corrected chi connectivity index (χ2v) is 14.2. The summed E-state index contributed by atoms with van der Waals surface area (Å²) in [6.45, 7) is 5.51. The Kier molecular flexibility index (Phi) is 10.9. The zero-order valence-electron chi connectivity index (χ0n) is 29.6. The molecule has 3 atom stereocenters. The van der Waals surface area contributed by atoms with Gasteiger partial charge in [-0.15, -0.1) is 0 Å². The third-order valence-corrected chi connectivity index (χ3v) is 10.7. The summed E-state index contributed by atoms with van der Waals surface area (Å²) in [7, 11) is 0. The SMILES string of the molecule is Cc1cc(CCCC[C@H](O)c2ccc(O)c3[nH]c(=O)ccc23)ccc1COc1cccc([C@@H](NC(=O)O[C@H]2CN3CCC2CC3)c2ccccc2)c1. The van der Waals surface area contributed by atoms with E-state index in [1.807, 2.05) is 54.6 Å². The van der Waals surface area contributed by atoms with Crippen molar-refractivity contribution in [1.82, 2.24) is 15.2 Å². The number of nitrogens with zero attached hydrogens (tertiary/aromatic N) is 1. The van der Waals surface area contributed by atoms with Crippen LogP contribution < -0.4 is 15.6 Å². The number of hydrogen-bond donors (Lipinski definition) is 4. The first-order valence-electron chi connectivity index (χ1n) is 18.4. The van der Waals surface area contributed by atoms with Gasteiger partial charge in [-0.1, -0.05) is 73.2 Å². The third kappa shape index (κ3) is 8.33. The van der Waals surface area contributed by atoms with Gasteiger partial charge in [0.1, 0.15) is 24.2 Å². The van der Waals surface area contributed by atoms with Gasteiger partial charge in [-0.05, 0) is 116 Å². The molecular formula is C43H47N3O6. The van der Waals surface area contributed by atoms with Crippen LogP contribution in [0, 0.1) is 12.8 Å². The number of nitrogens with one attached hydrogen (secondary N) is 2. The Bertz CT molecular complexity index is 2060. The average molecular weight is 702 g/mol. The quantitative estimate of drug-likeness (QED) is 0.0939. The number of aromatic hydroxyl groups is 1. The molecule has 4 N–H and O–H groups in total. The molecule has 270 valence electrons. The number of aromatic nitrogens is 1. The number of fused-ring (bicyclic) bond motifs is 4. The number of pyridine rings is 1. The van der Waals surface area contributed by atoms with Crippen molar-refractivity contribution in [3.63, 3.8) is 0 Å². The van der Waals surface area contributed by atoms with Crippen LogP contribution in [0.4, 0.5) is 4.79 Å². The number of carbonyl (C=O) groups excluding carboxylic acids is 1. The van der Waals surface area contributed by atoms with Crippen molar-refractivity contribution in [2.24, 2.45) is 5.92 Å². The molecule has 9 nitrogen and oxygen atoms in total. The number of aryl methyl sites for hydroxylation is 2. The maximum Gasteiger partial charge on any atom is 0.408 e. The van der Waals surface area contributed by atoms with E-state index < -0.39 is 12.2 Å². The molecule has 0 aliphatic carbocycles. The number of aliphatic hydroxyl groups is 1. The summed E-state index contributed by atoms with van der Waals surface area (Å²) < 4.78 is 12.3. The number of unbranched alkanes of at least 4 members (excludes halogenated alkanes) is 1. The van der Waals surface area contributed by atoms with Gasteiger partial charge in [0.05, 0.1) is 17.7 Å². The number of aromatic amines is 1. The molecule has 1 aromatic heterocycles. The first-order valence-corrected chi connectivity index (χ1v) is 18.4. The van der Waals surface area contributed by atoms with E-state index in [-0.39, 0.29) is 23.5 Å². The van der Waals surface area contributed by atoms with Crippen LogP contribution in [-0.4, -0.2) is 51.9 Å². The predicted molar refractivity (Wildman–Crippen MR) is 202 cm³/mol. The minimum absolute atomic E-state index is 0.0103. The number of benzene rings is 4. The lowest BCUT2D eigenvalue weighted by molar-refractivity contribution is -0.0336. The van der Waals surface area contributed by atoms with Crippen LogP contribution in [0.15, 0.2) is 102 Å². The number of amides is 1. The Balaban J connectivity index is 0.933. The Labute approximate surface area is 304 Å². The van der Waals surface area contributed by atoms with Crippen LogP contribution >= 0.6 is 0 Å². The van der Waals surface area contributed by atoms with Gasteiger partial charge in [-0.25, -0.2) is 4.79 Å². The number of phenolic OH excluding ortho intramolecular Hbond substituents is 1. The number of phenols is 1. The Morgan fingerprint density at radius 1 is 0.942 bits per heavy atom. The van der Waals surface area contributed by atoms with Crippen molar-refractivity contribution in [2.75, 3.05) is 19.6 Å². The molecule has 3 fully saturated rings. The largest absolute Gasteiger partial charge is 0.506 e. The minimum atomic E-state index is -0.698. The maximum absolute atomic E-state index is 13.2. The van der Waals surface area contributed by atoms with Crippen LogP contribution in [0.3, 0.4) is 0 Å². The molecule has 0 unspecified atom stereocenters. The van der Waals surface area contributed by atoms with Crippen molar-refractivity contribution in [2.45, 2.75) is 70.3 Å². The van der Waals surface area contributed by atoms with Gasteiger partial charge in [0.2, 0.25) is 5.56 Å². The van der Waals surface area contributed by atoms with Crippen LogP contribution in [0.2, 0.25) is 0 Å². The molecule has 0 saturated carbocycles. The number of piperidine rings is 3. The number of hydrogen-bond acceptors (Lipinski definition) is 7. The molecular weight excluding hydrogens is 654 g/mol. The summed E-state index contributed by atoms with van der Waals surface area (Å²) in [6.07, 6.45) is 4.20. The van der Waals surface area contributed by atoms with Crippen molar-refractivity contribution < 1.29 is 24.5 Å². The van der Waals surface area contributed by atoms with Gasteiger partial charge in [0.15, 0.2) is 0 Å². The van der Waals surface area contributed by atoms with E-state index in [2.05, 4.69) is 40.3 Å². The summed E-state index contributed by atoms with van der Waals surface area (Å²) in [4.78, 5) is 30.0. The molecule has 9 heteroatoms. The minimum Gasteiger partial charge on any atom is -0.506 e. The zero-order valence-corrected chi connectivity index (χ0v) is 29.6. The molecule has 0 radical (unpaired) electrons. The van der Waals surface area contributed by atoms with Gasteiger partial charge in [-0.2, -0.15) is 0 Å². The second-order valence-electron chi connectivity index (χ2n) is 14.2. The maximum atomic E-state index is 13.2. The molecule has 3 aliphatic heterocycles. The summed E-state index contributed by atoms with van der Waals surface area (Å²) in [5.41, 5.74) is 6.12. The first kappa shape index (κ1) is 35.3. The van der Waals surface area contributed by atoms with Gasteiger partial charge in [0.25, 0.3) is 0 Å². The van der Waals surface area contributed by atoms with E-state index in [9.17, 15) is 19.8 Å². The standard InChI is InChI=1S/C43H47N3O6/c1-28-24-29(8-5-6-13-37(47)35-16-18-38(48)42-36(35)17-19-40(49)44-42)14-15-33(28)27-51-34-12-7-11-32(25-34)41(31-9-3-2-4-10-31)45-43(50)52-39-26-46-22-20-30(39)21-23-46/h2-4,7,9-12,14-19,24-25,30,37,39,41,47-48H,5-6,8,13,20-23,26-27H2,1H3,(H,44,49)(H,45,50)/t37-,39-,41-/m0/s1. The number of H-pyrrole nitrogens is 1. The van der Waals surface area contributed by atoms with E-state index in [4.69, 9.17) is 9.47 Å². The smallest absolute Gasteiger partial charge is 0.408 e. The van der Waals surface area contributed by atoms with Gasteiger partial charge in [0, 0.05) is 18.0 Å². The molecule has 2 bridgehead atoms. The lowest BCUT2D eigenvalue weighted by Crippen LogP contribution is -2.52. The van der Waals surface area contributed by atoms with E-state index in [0.717, 1.165) is 79.7 Å². The number of aliphatic hydroxyl groups excluding tert-OH is 1. The average Bonchev–Trinajstić information content (AvgIpc) is 3.16. The Morgan fingerprint density at radius 2 is 1.75 bits per heavy atom. The van der Waals surface area contributed by atoms with Crippen molar-refractivity contribution in [1.29, 1.82) is 0 Å². The highest BCUT2D eigenvalue weighted by molar-refractivity contribution is 5.87. The lowest BCUT2D eigenvalue weighted by Gasteiger charge is -2.43. The second kappa shape index (κ2) is 16.0. The summed E-state index contributed by atoms with van der Waals surface area (Å²) >= 11 is 0. The Morgan fingerprint density at radius 3 is 2.52 bits per heavy atom. The molecule has 4 heterocycles. The highest BCUT2D eigenvalue weighted by Crippen LogP contribution is 2.32. The number of carbonyl (C=O) groups is 1. The first-order chi connectivity index (χ1) is 25.3. The van der Waals surface area contributed by atoms with Crippen molar-refractivity contribution in [3.8, 4) is 11.5 Å². The summed E-state index contributed by atoms with van der Waals surface area (Å²) in [5.74, 6) is 1.15. The lowest BCUT2D eigenvalue weighted by atomic mass is 9.86. The van der Waals surface area contributed by atoms with Gasteiger partial charge < -0.3 is 30.0 Å². The molecule has 4 aromatic carbocycles. The van der Waals surface area contributed by atoms with Crippen molar-refractivity contribution in [3.05, 3.63) is 141 Å². The van der Waals surface area contributed by atoms with E-state index in [1.54, 1.807) is 12.1 Å². The van der Waals surface area contributed by atoms with E-state index in [0.29, 0.717) is 35.4 Å². The topological polar surface area (TPSA) is 124 Å². The summed E-state index contributed by atoms with van der Waals surface area (Å²) in [5, 5.41) is 24.9. The monoisotopic (exact) mass is 701 g/mol. The fourth-order valence-corrected chi connectivity index (χ4v) is 7.73. The number of rotatable bonds is 13. The fraction of sp³-hybridized carbons (Fsp3) is 0.349. The van der Waals surface area contributed by atoms with Gasteiger partial charge in [-0.3, -0.25) is 9.69 Å². The normalized spacial score (nSPS) is 19.2. The van der Waals surface area contributed by atoms with Crippen LogP contribution in [0.5, 0.6) is 11.5 Å². The van der Waals surface area contributed by atoms with Crippen LogP contribution in [-0.2, 0) is 17.8 Å². The van der Waals surface area contributed by atoms with E-state index >= 15 is 0 Å². The number of ether oxygens (including phenoxy) is 2. The van der Waals surface area contributed by atoms with Crippen LogP contribution in [0.25, 0.3) is 10.9 Å². The van der Waals surface area contributed by atoms with Crippen molar-refractivity contribution >= 4 is 17.0 Å². The molecule has 1 amide bonds.